The molecule has 0 aliphatic rings. The molecule has 0 aliphatic carbocycles. The molecule has 0 unspecified atom stereocenters. The molecular weight excluding hydrogens is 208 g/mol. The maximum atomic E-state index is 5.47. The van der Waals surface area contributed by atoms with Crippen molar-refractivity contribution >= 4 is 11.3 Å². The van der Waals surface area contributed by atoms with Crippen LogP contribution in [0.3, 0.4) is 0 Å². The first-order valence-corrected chi connectivity index (χ1v) is 5.92. The summed E-state index contributed by atoms with van der Waals surface area (Å²) < 4.78 is 5.27. The van der Waals surface area contributed by atoms with Gasteiger partial charge in [0.1, 0.15) is 5.76 Å². The molecular formula is C11H14N2OS. The van der Waals surface area contributed by atoms with E-state index in [4.69, 9.17) is 10.2 Å². The van der Waals surface area contributed by atoms with Crippen LogP contribution in [0.25, 0.3) is 0 Å². The van der Waals surface area contributed by atoms with E-state index < -0.39 is 0 Å². The summed E-state index contributed by atoms with van der Waals surface area (Å²) >= 11 is 1.70. The average molecular weight is 222 g/mol. The molecule has 2 rings (SSSR count). The monoisotopic (exact) mass is 222 g/mol. The van der Waals surface area contributed by atoms with Crippen molar-refractivity contribution in [3.05, 3.63) is 40.2 Å². The highest BCUT2D eigenvalue weighted by Crippen LogP contribution is 2.13. The van der Waals surface area contributed by atoms with Gasteiger partial charge in [0.2, 0.25) is 0 Å². The van der Waals surface area contributed by atoms with Crippen molar-refractivity contribution in [2.75, 3.05) is 6.54 Å². The summed E-state index contributed by atoms with van der Waals surface area (Å²) in [5, 5.41) is 3.25. The average Bonchev–Trinajstić information content (AvgIpc) is 2.85. The molecule has 0 aliphatic heterocycles. The topological polar surface area (TPSA) is 52.0 Å². The smallest absolute Gasteiger partial charge is 0.104 e. The minimum absolute atomic E-state index is 0.668. The van der Waals surface area contributed by atoms with Crippen molar-refractivity contribution < 1.29 is 4.42 Å². The van der Waals surface area contributed by atoms with E-state index in [2.05, 4.69) is 10.4 Å². The van der Waals surface area contributed by atoms with Crippen LogP contribution in [0, 0.1) is 0 Å². The van der Waals surface area contributed by atoms with E-state index in [-0.39, 0.29) is 0 Å². The van der Waals surface area contributed by atoms with Gasteiger partial charge in [0.15, 0.2) is 0 Å². The molecule has 80 valence electrons. The number of aromatic nitrogens is 1. The molecule has 0 aromatic carbocycles. The second-order valence-corrected chi connectivity index (χ2v) is 4.29. The summed E-state index contributed by atoms with van der Waals surface area (Å²) in [5.74, 6) is 1.02. The maximum absolute atomic E-state index is 5.47. The normalized spacial score (nSPS) is 10.7. The van der Waals surface area contributed by atoms with Crippen LogP contribution in [0.4, 0.5) is 0 Å². The molecule has 15 heavy (non-hydrogen) atoms. The van der Waals surface area contributed by atoms with Crippen molar-refractivity contribution in [1.29, 1.82) is 0 Å². The number of thiazole rings is 1. The largest absolute Gasteiger partial charge is 0.469 e. The van der Waals surface area contributed by atoms with Gasteiger partial charge in [-0.15, -0.1) is 11.3 Å². The van der Waals surface area contributed by atoms with Crippen LogP contribution in [0.5, 0.6) is 0 Å². The van der Waals surface area contributed by atoms with E-state index in [0.717, 1.165) is 35.7 Å². The van der Waals surface area contributed by atoms with E-state index in [1.807, 2.05) is 12.1 Å². The number of rotatable bonds is 5. The highest BCUT2D eigenvalue weighted by Gasteiger charge is 2.03. The first-order valence-electron chi connectivity index (χ1n) is 5.04. The number of nitrogens with zero attached hydrogens (tertiary/aromatic N) is 1. The quantitative estimate of drug-likeness (QED) is 0.842. The SMILES string of the molecule is NCCc1csc(CCc2ccco2)n1. The summed E-state index contributed by atoms with van der Waals surface area (Å²) in [6.07, 6.45) is 4.44. The van der Waals surface area contributed by atoms with Gasteiger partial charge in [0.25, 0.3) is 0 Å². The number of nitrogens with two attached hydrogens (primary N) is 1. The Labute approximate surface area is 92.9 Å². The molecule has 0 amide bonds. The van der Waals surface area contributed by atoms with Crippen molar-refractivity contribution in [3.63, 3.8) is 0 Å². The molecule has 0 spiro atoms. The second kappa shape index (κ2) is 5.09. The van der Waals surface area contributed by atoms with Gasteiger partial charge in [0.05, 0.1) is 17.0 Å². The molecule has 0 radical (unpaired) electrons. The lowest BCUT2D eigenvalue weighted by Gasteiger charge is -1.93. The van der Waals surface area contributed by atoms with E-state index >= 15 is 0 Å². The third-order valence-electron chi connectivity index (χ3n) is 2.17. The Morgan fingerprint density at radius 2 is 2.27 bits per heavy atom. The van der Waals surface area contributed by atoms with Gasteiger partial charge in [-0.25, -0.2) is 4.98 Å². The Morgan fingerprint density at radius 3 is 3.00 bits per heavy atom. The zero-order chi connectivity index (χ0) is 10.5. The third-order valence-corrected chi connectivity index (χ3v) is 3.12. The van der Waals surface area contributed by atoms with E-state index in [1.165, 1.54) is 0 Å². The number of hydrogen-bond donors (Lipinski definition) is 1. The fourth-order valence-electron chi connectivity index (χ4n) is 1.41. The van der Waals surface area contributed by atoms with E-state index in [1.54, 1.807) is 17.6 Å². The van der Waals surface area contributed by atoms with Crippen LogP contribution < -0.4 is 5.73 Å². The fourth-order valence-corrected chi connectivity index (χ4v) is 2.24. The van der Waals surface area contributed by atoms with Crippen LogP contribution in [-0.4, -0.2) is 11.5 Å². The van der Waals surface area contributed by atoms with Gasteiger partial charge in [-0.3, -0.25) is 0 Å². The minimum Gasteiger partial charge on any atom is -0.469 e. The molecule has 0 atom stereocenters. The predicted molar refractivity (Wildman–Crippen MR) is 61.0 cm³/mol. The highest BCUT2D eigenvalue weighted by molar-refractivity contribution is 7.09. The van der Waals surface area contributed by atoms with Crippen LogP contribution in [-0.2, 0) is 19.3 Å². The summed E-state index contributed by atoms with van der Waals surface area (Å²) in [7, 11) is 0. The molecule has 0 saturated carbocycles. The summed E-state index contributed by atoms with van der Waals surface area (Å²) in [6.45, 7) is 0.668. The number of furan rings is 1. The fraction of sp³-hybridized carbons (Fsp3) is 0.364. The standard InChI is InChI=1S/C11H14N2OS/c12-6-5-9-8-15-11(13-9)4-3-10-2-1-7-14-10/h1-2,7-8H,3-6,12H2. The Kier molecular flexibility index (Phi) is 3.53. The summed E-state index contributed by atoms with van der Waals surface area (Å²) in [4.78, 5) is 4.50. The zero-order valence-electron chi connectivity index (χ0n) is 8.48. The molecule has 2 N–H and O–H groups in total. The van der Waals surface area contributed by atoms with E-state index in [9.17, 15) is 0 Å². The zero-order valence-corrected chi connectivity index (χ0v) is 9.30. The van der Waals surface area contributed by atoms with Gasteiger partial charge in [-0.05, 0) is 18.7 Å². The van der Waals surface area contributed by atoms with Crippen LogP contribution in [0.1, 0.15) is 16.5 Å². The third kappa shape index (κ3) is 2.91. The van der Waals surface area contributed by atoms with Gasteiger partial charge in [-0.1, -0.05) is 0 Å². The lowest BCUT2D eigenvalue weighted by Crippen LogP contribution is -2.03. The van der Waals surface area contributed by atoms with Crippen LogP contribution in [0.15, 0.2) is 28.2 Å². The Balaban J connectivity index is 1.88. The van der Waals surface area contributed by atoms with Gasteiger partial charge >= 0.3 is 0 Å². The molecule has 0 saturated heterocycles. The lowest BCUT2D eigenvalue weighted by atomic mass is 10.2. The van der Waals surface area contributed by atoms with Crippen molar-refractivity contribution in [2.45, 2.75) is 19.3 Å². The summed E-state index contributed by atoms with van der Waals surface area (Å²) in [6, 6.07) is 3.91. The molecule has 2 aromatic heterocycles. The van der Waals surface area contributed by atoms with Gasteiger partial charge in [0, 0.05) is 24.6 Å². The number of aryl methyl sites for hydroxylation is 2. The number of hydrogen-bond acceptors (Lipinski definition) is 4. The van der Waals surface area contributed by atoms with E-state index in [0.29, 0.717) is 6.54 Å². The molecule has 4 heteroatoms. The van der Waals surface area contributed by atoms with Crippen LogP contribution in [0.2, 0.25) is 0 Å². The maximum Gasteiger partial charge on any atom is 0.104 e. The Morgan fingerprint density at radius 1 is 1.33 bits per heavy atom. The van der Waals surface area contributed by atoms with Crippen molar-refractivity contribution in [1.82, 2.24) is 4.98 Å². The Hall–Kier alpha value is -1.13. The van der Waals surface area contributed by atoms with Crippen molar-refractivity contribution in [3.8, 4) is 0 Å². The molecule has 2 aromatic rings. The molecule has 2 heterocycles. The first kappa shape index (κ1) is 10.4. The molecule has 0 fully saturated rings. The van der Waals surface area contributed by atoms with Crippen LogP contribution >= 0.6 is 11.3 Å². The minimum atomic E-state index is 0.668. The summed E-state index contributed by atoms with van der Waals surface area (Å²) in [5.41, 5.74) is 6.58. The Bertz CT molecular complexity index is 394. The highest BCUT2D eigenvalue weighted by atomic mass is 32.1. The first-order chi connectivity index (χ1) is 7.38. The van der Waals surface area contributed by atoms with Gasteiger partial charge in [-0.2, -0.15) is 0 Å². The molecule has 3 nitrogen and oxygen atoms in total. The predicted octanol–water partition coefficient (Wildman–Crippen LogP) is 2.02. The van der Waals surface area contributed by atoms with Crippen molar-refractivity contribution in [2.24, 2.45) is 5.73 Å². The molecule has 0 bridgehead atoms. The second-order valence-electron chi connectivity index (χ2n) is 3.35. The van der Waals surface area contributed by atoms with Gasteiger partial charge < -0.3 is 10.2 Å². The lowest BCUT2D eigenvalue weighted by molar-refractivity contribution is 0.508.